The first-order valence-corrected chi connectivity index (χ1v) is 5.38. The minimum Gasteiger partial charge on any atom is -0.356 e. The SMILES string of the molecule is CC(CNC(=O)CCS)C(C)(C)C. The van der Waals surface area contributed by atoms with Crippen molar-refractivity contribution in [2.45, 2.75) is 34.1 Å². The fourth-order valence-corrected chi connectivity index (χ4v) is 0.966. The van der Waals surface area contributed by atoms with E-state index in [0.29, 0.717) is 18.1 Å². The van der Waals surface area contributed by atoms with Gasteiger partial charge in [0.1, 0.15) is 0 Å². The van der Waals surface area contributed by atoms with Crippen LogP contribution in [0.4, 0.5) is 0 Å². The van der Waals surface area contributed by atoms with Gasteiger partial charge in [-0.3, -0.25) is 4.79 Å². The molecule has 1 atom stereocenters. The van der Waals surface area contributed by atoms with Crippen LogP contribution in [-0.2, 0) is 4.79 Å². The van der Waals surface area contributed by atoms with E-state index in [1.807, 2.05) is 0 Å². The van der Waals surface area contributed by atoms with E-state index in [2.05, 4.69) is 45.6 Å². The van der Waals surface area contributed by atoms with Crippen molar-refractivity contribution in [1.29, 1.82) is 0 Å². The van der Waals surface area contributed by atoms with Crippen LogP contribution < -0.4 is 5.32 Å². The Labute approximate surface area is 86.9 Å². The van der Waals surface area contributed by atoms with Gasteiger partial charge in [0.2, 0.25) is 5.91 Å². The Hall–Kier alpha value is -0.180. The van der Waals surface area contributed by atoms with Crippen molar-refractivity contribution in [1.82, 2.24) is 5.32 Å². The fraction of sp³-hybridized carbons (Fsp3) is 0.900. The lowest BCUT2D eigenvalue weighted by Gasteiger charge is -2.27. The van der Waals surface area contributed by atoms with Crippen LogP contribution in [0.3, 0.4) is 0 Å². The highest BCUT2D eigenvalue weighted by Gasteiger charge is 2.19. The summed E-state index contributed by atoms with van der Waals surface area (Å²) in [7, 11) is 0. The molecule has 0 saturated carbocycles. The molecule has 0 rings (SSSR count). The quantitative estimate of drug-likeness (QED) is 0.673. The number of nitrogens with one attached hydrogen (secondary N) is 1. The highest BCUT2D eigenvalue weighted by atomic mass is 32.1. The Morgan fingerprint density at radius 2 is 2.00 bits per heavy atom. The van der Waals surface area contributed by atoms with Crippen molar-refractivity contribution in [3.63, 3.8) is 0 Å². The van der Waals surface area contributed by atoms with E-state index >= 15 is 0 Å². The molecule has 1 N–H and O–H groups in total. The Morgan fingerprint density at radius 1 is 1.46 bits per heavy atom. The van der Waals surface area contributed by atoms with E-state index in [0.717, 1.165) is 6.54 Å². The van der Waals surface area contributed by atoms with E-state index in [1.165, 1.54) is 0 Å². The maximum absolute atomic E-state index is 11.1. The summed E-state index contributed by atoms with van der Waals surface area (Å²) in [6.07, 6.45) is 0.514. The van der Waals surface area contributed by atoms with E-state index in [9.17, 15) is 4.79 Å². The van der Waals surface area contributed by atoms with Crippen LogP contribution in [0.5, 0.6) is 0 Å². The lowest BCUT2D eigenvalue weighted by molar-refractivity contribution is -0.120. The van der Waals surface area contributed by atoms with Gasteiger partial charge in [-0.25, -0.2) is 0 Å². The third-order valence-corrected chi connectivity index (χ3v) is 2.65. The predicted molar refractivity (Wildman–Crippen MR) is 60.1 cm³/mol. The van der Waals surface area contributed by atoms with Gasteiger partial charge >= 0.3 is 0 Å². The maximum Gasteiger partial charge on any atom is 0.220 e. The molecule has 0 radical (unpaired) electrons. The molecule has 0 spiro atoms. The average Bonchev–Trinajstić information content (AvgIpc) is 1.99. The van der Waals surface area contributed by atoms with Crippen molar-refractivity contribution in [2.24, 2.45) is 11.3 Å². The number of hydrogen-bond donors (Lipinski definition) is 2. The van der Waals surface area contributed by atoms with Crippen LogP contribution >= 0.6 is 12.6 Å². The average molecular weight is 203 g/mol. The lowest BCUT2D eigenvalue weighted by Crippen LogP contribution is -2.33. The first-order valence-electron chi connectivity index (χ1n) is 4.75. The monoisotopic (exact) mass is 203 g/mol. The topological polar surface area (TPSA) is 29.1 Å². The first-order chi connectivity index (χ1) is 5.88. The minimum atomic E-state index is 0.103. The summed E-state index contributed by atoms with van der Waals surface area (Å²) in [5, 5.41) is 2.90. The number of carbonyl (C=O) groups excluding carboxylic acids is 1. The van der Waals surface area contributed by atoms with Gasteiger partial charge in [-0.2, -0.15) is 12.6 Å². The van der Waals surface area contributed by atoms with Gasteiger partial charge in [0, 0.05) is 13.0 Å². The summed E-state index contributed by atoms with van der Waals surface area (Å²) < 4.78 is 0. The Balaban J connectivity index is 3.70. The van der Waals surface area contributed by atoms with Crippen molar-refractivity contribution in [3.8, 4) is 0 Å². The smallest absolute Gasteiger partial charge is 0.220 e. The normalized spacial score (nSPS) is 13.9. The zero-order valence-corrected chi connectivity index (χ0v) is 9.95. The molecule has 0 aromatic heterocycles. The summed E-state index contributed by atoms with van der Waals surface area (Å²) in [6.45, 7) is 9.46. The molecule has 0 heterocycles. The molecule has 13 heavy (non-hydrogen) atoms. The number of thiol groups is 1. The maximum atomic E-state index is 11.1. The van der Waals surface area contributed by atoms with Crippen molar-refractivity contribution in [3.05, 3.63) is 0 Å². The molecule has 0 aliphatic heterocycles. The molecule has 78 valence electrons. The van der Waals surface area contributed by atoms with Gasteiger partial charge in [0.05, 0.1) is 0 Å². The van der Waals surface area contributed by atoms with Crippen molar-refractivity contribution in [2.75, 3.05) is 12.3 Å². The molecule has 0 aromatic rings. The van der Waals surface area contributed by atoms with Crippen LogP contribution in [0.25, 0.3) is 0 Å². The minimum absolute atomic E-state index is 0.103. The first kappa shape index (κ1) is 12.8. The van der Waals surface area contributed by atoms with Gasteiger partial charge in [0.25, 0.3) is 0 Å². The zero-order valence-electron chi connectivity index (χ0n) is 9.05. The van der Waals surface area contributed by atoms with Crippen LogP contribution in [-0.4, -0.2) is 18.2 Å². The van der Waals surface area contributed by atoms with Gasteiger partial charge in [-0.15, -0.1) is 0 Å². The molecule has 0 aliphatic rings. The van der Waals surface area contributed by atoms with Gasteiger partial charge in [0.15, 0.2) is 0 Å². The van der Waals surface area contributed by atoms with E-state index in [1.54, 1.807) is 0 Å². The third-order valence-electron chi connectivity index (χ3n) is 2.42. The van der Waals surface area contributed by atoms with E-state index in [4.69, 9.17) is 0 Å². The van der Waals surface area contributed by atoms with Gasteiger partial charge < -0.3 is 5.32 Å². The number of hydrogen-bond acceptors (Lipinski definition) is 2. The second-order valence-corrected chi connectivity index (χ2v) is 4.99. The van der Waals surface area contributed by atoms with Gasteiger partial charge in [-0.1, -0.05) is 27.7 Å². The van der Waals surface area contributed by atoms with E-state index < -0.39 is 0 Å². The predicted octanol–water partition coefficient (Wildman–Crippen LogP) is 2.10. The number of carbonyl (C=O) groups is 1. The highest BCUT2D eigenvalue weighted by Crippen LogP contribution is 2.24. The Bertz CT molecular complexity index is 163. The van der Waals surface area contributed by atoms with Gasteiger partial charge in [-0.05, 0) is 17.1 Å². The van der Waals surface area contributed by atoms with Crippen LogP contribution in [0.15, 0.2) is 0 Å². The molecule has 0 aliphatic carbocycles. The Kier molecular flexibility index (Phi) is 5.45. The van der Waals surface area contributed by atoms with Crippen LogP contribution in [0.2, 0.25) is 0 Å². The Morgan fingerprint density at radius 3 is 2.38 bits per heavy atom. The second kappa shape index (κ2) is 5.53. The van der Waals surface area contributed by atoms with Crippen LogP contribution in [0, 0.1) is 11.3 Å². The second-order valence-electron chi connectivity index (χ2n) is 4.54. The molecule has 0 aromatic carbocycles. The third kappa shape index (κ3) is 5.97. The van der Waals surface area contributed by atoms with Crippen molar-refractivity contribution < 1.29 is 4.79 Å². The number of rotatable bonds is 4. The molecule has 0 fully saturated rings. The number of amides is 1. The van der Waals surface area contributed by atoms with E-state index in [-0.39, 0.29) is 11.3 Å². The summed E-state index contributed by atoms with van der Waals surface area (Å²) in [4.78, 5) is 11.1. The fourth-order valence-electron chi connectivity index (χ4n) is 0.763. The molecular weight excluding hydrogens is 182 g/mol. The summed E-state index contributed by atoms with van der Waals surface area (Å²) in [5.41, 5.74) is 0.258. The molecule has 3 heteroatoms. The highest BCUT2D eigenvalue weighted by molar-refractivity contribution is 7.80. The summed E-state index contributed by atoms with van der Waals surface area (Å²) in [5.74, 6) is 1.22. The molecule has 0 saturated heterocycles. The largest absolute Gasteiger partial charge is 0.356 e. The summed E-state index contributed by atoms with van der Waals surface area (Å²) in [6, 6.07) is 0. The van der Waals surface area contributed by atoms with Crippen molar-refractivity contribution >= 4 is 18.5 Å². The van der Waals surface area contributed by atoms with Crippen LogP contribution in [0.1, 0.15) is 34.1 Å². The molecule has 1 amide bonds. The standard InChI is InChI=1S/C10H21NOS/c1-8(10(2,3)4)7-11-9(12)5-6-13/h8,13H,5-7H2,1-4H3,(H,11,12). The summed E-state index contributed by atoms with van der Waals surface area (Å²) >= 11 is 4.00. The zero-order chi connectivity index (χ0) is 10.5. The molecule has 1 unspecified atom stereocenters. The molecule has 2 nitrogen and oxygen atoms in total. The molecular formula is C10H21NOS. The molecule has 0 bridgehead atoms. The lowest BCUT2D eigenvalue weighted by atomic mass is 9.82.